The molecular weight excluding hydrogens is 288 g/mol. The number of nitrogens with zero attached hydrogens (tertiary/aromatic N) is 1. The van der Waals surface area contributed by atoms with Gasteiger partial charge in [-0.3, -0.25) is 0 Å². The van der Waals surface area contributed by atoms with E-state index in [-0.39, 0.29) is 12.6 Å². The van der Waals surface area contributed by atoms with Crippen LogP contribution in [0.2, 0.25) is 0 Å². The molecule has 21 heavy (non-hydrogen) atoms. The summed E-state index contributed by atoms with van der Waals surface area (Å²) in [5.74, 6) is 0. The Morgan fingerprint density at radius 2 is 2.19 bits per heavy atom. The first-order chi connectivity index (χ1) is 10.0. The third kappa shape index (κ3) is 3.45. The van der Waals surface area contributed by atoms with Crippen molar-refractivity contribution >= 4 is 10.0 Å². The minimum absolute atomic E-state index is 0.00994. The van der Waals surface area contributed by atoms with Crippen LogP contribution in [0.4, 0.5) is 0 Å². The van der Waals surface area contributed by atoms with Crippen molar-refractivity contribution in [2.75, 3.05) is 13.2 Å². The van der Waals surface area contributed by atoms with Crippen molar-refractivity contribution in [3.05, 3.63) is 29.3 Å². The SMILES string of the molecule is Cc1cc(CN)ccc1S(=O)(=O)N1CCCC1CCCO. The van der Waals surface area contributed by atoms with E-state index in [4.69, 9.17) is 10.8 Å². The van der Waals surface area contributed by atoms with Crippen LogP contribution in [0, 0.1) is 6.92 Å². The van der Waals surface area contributed by atoms with Gasteiger partial charge in [-0.15, -0.1) is 0 Å². The number of sulfonamides is 1. The number of nitrogens with two attached hydrogens (primary N) is 1. The van der Waals surface area contributed by atoms with Crippen LogP contribution >= 0.6 is 0 Å². The Hall–Kier alpha value is -0.950. The second-order valence-corrected chi connectivity index (χ2v) is 7.44. The first-order valence-corrected chi connectivity index (χ1v) is 8.87. The molecule has 0 aliphatic carbocycles. The molecule has 0 saturated carbocycles. The summed E-state index contributed by atoms with van der Waals surface area (Å²) in [7, 11) is -3.46. The fourth-order valence-corrected chi connectivity index (χ4v) is 4.93. The third-order valence-electron chi connectivity index (χ3n) is 4.08. The summed E-state index contributed by atoms with van der Waals surface area (Å²) in [5, 5.41) is 8.95. The van der Waals surface area contributed by atoms with Crippen LogP contribution in [-0.2, 0) is 16.6 Å². The Balaban J connectivity index is 2.28. The van der Waals surface area contributed by atoms with Crippen LogP contribution < -0.4 is 5.73 Å². The minimum Gasteiger partial charge on any atom is -0.396 e. The number of hydrogen-bond donors (Lipinski definition) is 2. The fourth-order valence-electron chi connectivity index (χ4n) is 3.00. The van der Waals surface area contributed by atoms with Gasteiger partial charge in [-0.05, 0) is 49.8 Å². The van der Waals surface area contributed by atoms with Crippen molar-refractivity contribution in [2.45, 2.75) is 50.1 Å². The number of rotatable bonds is 6. The molecule has 5 nitrogen and oxygen atoms in total. The molecule has 0 spiro atoms. The van der Waals surface area contributed by atoms with Crippen LogP contribution in [0.1, 0.15) is 36.8 Å². The topological polar surface area (TPSA) is 83.6 Å². The van der Waals surface area contributed by atoms with E-state index in [0.717, 1.165) is 30.4 Å². The van der Waals surface area contributed by atoms with Crippen molar-refractivity contribution in [1.82, 2.24) is 4.31 Å². The van der Waals surface area contributed by atoms with E-state index < -0.39 is 10.0 Å². The van der Waals surface area contributed by atoms with E-state index >= 15 is 0 Å². The maximum atomic E-state index is 12.9. The zero-order chi connectivity index (χ0) is 15.5. The first-order valence-electron chi connectivity index (χ1n) is 7.43. The van der Waals surface area contributed by atoms with Crippen LogP contribution in [-0.4, -0.2) is 37.0 Å². The van der Waals surface area contributed by atoms with Crippen molar-refractivity contribution in [2.24, 2.45) is 5.73 Å². The summed E-state index contributed by atoms with van der Waals surface area (Å²) in [5.41, 5.74) is 7.27. The van der Waals surface area contributed by atoms with Gasteiger partial charge in [-0.2, -0.15) is 4.31 Å². The average molecular weight is 312 g/mol. The quantitative estimate of drug-likeness (QED) is 0.831. The van der Waals surface area contributed by atoms with Gasteiger partial charge in [0, 0.05) is 25.7 Å². The Morgan fingerprint density at radius 3 is 2.81 bits per heavy atom. The molecule has 1 aliphatic heterocycles. The van der Waals surface area contributed by atoms with E-state index in [9.17, 15) is 8.42 Å². The van der Waals surface area contributed by atoms with Gasteiger partial charge >= 0.3 is 0 Å². The molecule has 1 aliphatic rings. The highest BCUT2D eigenvalue weighted by Gasteiger charge is 2.35. The van der Waals surface area contributed by atoms with Gasteiger partial charge in [0.05, 0.1) is 4.90 Å². The average Bonchev–Trinajstić information content (AvgIpc) is 2.93. The molecule has 1 saturated heterocycles. The van der Waals surface area contributed by atoms with Crippen molar-refractivity contribution in [1.29, 1.82) is 0 Å². The molecule has 1 atom stereocenters. The lowest BCUT2D eigenvalue weighted by Crippen LogP contribution is -2.36. The Labute approximate surface area is 126 Å². The fraction of sp³-hybridized carbons (Fsp3) is 0.600. The lowest BCUT2D eigenvalue weighted by atomic mass is 10.1. The molecule has 1 unspecified atom stereocenters. The Bertz CT molecular complexity index is 587. The monoisotopic (exact) mass is 312 g/mol. The molecule has 2 rings (SSSR count). The predicted octanol–water partition coefficient (Wildman–Crippen LogP) is 1.38. The smallest absolute Gasteiger partial charge is 0.243 e. The zero-order valence-electron chi connectivity index (χ0n) is 12.5. The molecule has 0 radical (unpaired) electrons. The van der Waals surface area contributed by atoms with Crippen LogP contribution in [0.25, 0.3) is 0 Å². The maximum absolute atomic E-state index is 12.9. The van der Waals surface area contributed by atoms with Gasteiger partial charge in [-0.25, -0.2) is 8.42 Å². The second kappa shape index (κ2) is 6.87. The Kier molecular flexibility index (Phi) is 5.37. The molecule has 0 bridgehead atoms. The van der Waals surface area contributed by atoms with Gasteiger partial charge in [-0.1, -0.05) is 12.1 Å². The van der Waals surface area contributed by atoms with Gasteiger partial charge < -0.3 is 10.8 Å². The number of aliphatic hydroxyl groups is 1. The lowest BCUT2D eigenvalue weighted by molar-refractivity contribution is 0.264. The van der Waals surface area contributed by atoms with Crippen molar-refractivity contribution in [3.63, 3.8) is 0 Å². The lowest BCUT2D eigenvalue weighted by Gasteiger charge is -2.25. The van der Waals surface area contributed by atoms with E-state index in [1.54, 1.807) is 16.4 Å². The van der Waals surface area contributed by atoms with E-state index in [2.05, 4.69) is 0 Å². The molecule has 0 aromatic heterocycles. The molecule has 1 aromatic carbocycles. The number of aliphatic hydroxyl groups excluding tert-OH is 1. The molecule has 6 heteroatoms. The predicted molar refractivity (Wildman–Crippen MR) is 82.3 cm³/mol. The summed E-state index contributed by atoms with van der Waals surface area (Å²) in [6.45, 7) is 2.89. The standard InChI is InChI=1S/C15H24N2O3S/c1-12-10-13(11-16)6-7-15(12)21(19,20)17-8-2-4-14(17)5-3-9-18/h6-7,10,14,18H,2-5,8-9,11,16H2,1H3. The van der Waals surface area contributed by atoms with E-state index in [0.29, 0.717) is 24.4 Å². The molecule has 1 heterocycles. The van der Waals surface area contributed by atoms with Crippen molar-refractivity contribution in [3.8, 4) is 0 Å². The minimum atomic E-state index is -3.46. The summed E-state index contributed by atoms with van der Waals surface area (Å²) in [6.07, 6.45) is 3.12. The molecular formula is C15H24N2O3S. The van der Waals surface area contributed by atoms with Gasteiger partial charge in [0.2, 0.25) is 10.0 Å². The highest BCUT2D eigenvalue weighted by Crippen LogP contribution is 2.30. The van der Waals surface area contributed by atoms with E-state index in [1.807, 2.05) is 13.0 Å². The molecule has 3 N–H and O–H groups in total. The van der Waals surface area contributed by atoms with Gasteiger partial charge in [0.25, 0.3) is 0 Å². The highest BCUT2D eigenvalue weighted by molar-refractivity contribution is 7.89. The summed E-state index contributed by atoms with van der Waals surface area (Å²) in [4.78, 5) is 0.371. The number of aryl methyl sites for hydroxylation is 1. The van der Waals surface area contributed by atoms with Crippen LogP contribution in [0.3, 0.4) is 0 Å². The maximum Gasteiger partial charge on any atom is 0.243 e. The first kappa shape index (κ1) is 16.4. The van der Waals surface area contributed by atoms with Gasteiger partial charge in [0.15, 0.2) is 0 Å². The van der Waals surface area contributed by atoms with Crippen molar-refractivity contribution < 1.29 is 13.5 Å². The summed E-state index contributed by atoms with van der Waals surface area (Å²) in [6, 6.07) is 5.29. The molecule has 1 fully saturated rings. The molecule has 118 valence electrons. The normalized spacial score (nSPS) is 20.0. The summed E-state index contributed by atoms with van der Waals surface area (Å²) < 4.78 is 27.3. The largest absolute Gasteiger partial charge is 0.396 e. The third-order valence-corrected chi connectivity index (χ3v) is 6.19. The van der Waals surface area contributed by atoms with Crippen LogP contribution in [0.15, 0.2) is 23.1 Å². The second-order valence-electron chi connectivity index (χ2n) is 5.58. The summed E-state index contributed by atoms with van der Waals surface area (Å²) >= 11 is 0. The van der Waals surface area contributed by atoms with Gasteiger partial charge in [0.1, 0.15) is 0 Å². The van der Waals surface area contributed by atoms with E-state index in [1.165, 1.54) is 0 Å². The molecule has 0 amide bonds. The Morgan fingerprint density at radius 1 is 1.43 bits per heavy atom. The number of hydrogen-bond acceptors (Lipinski definition) is 4. The molecule has 1 aromatic rings. The highest BCUT2D eigenvalue weighted by atomic mass is 32.2. The zero-order valence-corrected chi connectivity index (χ0v) is 13.3. The van der Waals surface area contributed by atoms with Crippen LogP contribution in [0.5, 0.6) is 0 Å². The number of benzene rings is 1.